The molecule has 3 rings (SSSR count). The number of fused-ring (bicyclic) bond motifs is 1. The van der Waals surface area contributed by atoms with Crippen LogP contribution in [0.3, 0.4) is 0 Å². The summed E-state index contributed by atoms with van der Waals surface area (Å²) in [6, 6.07) is 13.0. The van der Waals surface area contributed by atoms with Crippen molar-refractivity contribution in [1.29, 1.82) is 0 Å². The number of likely N-dealkylation sites (N-methyl/N-ethyl adjacent to an activating group) is 1. The van der Waals surface area contributed by atoms with Crippen LogP contribution in [0.25, 0.3) is 22.2 Å². The van der Waals surface area contributed by atoms with E-state index in [4.69, 9.17) is 10.5 Å². The zero-order valence-corrected chi connectivity index (χ0v) is 21.1. The lowest BCUT2D eigenvalue weighted by molar-refractivity contribution is -0.196. The number of methoxy groups -OCH3 is 1. The Bertz CT molecular complexity index is 1190. The summed E-state index contributed by atoms with van der Waals surface area (Å²) >= 11 is 0. The second-order valence-corrected chi connectivity index (χ2v) is 8.79. The van der Waals surface area contributed by atoms with E-state index in [0.717, 1.165) is 47.9 Å². The molecule has 0 aliphatic heterocycles. The van der Waals surface area contributed by atoms with Gasteiger partial charge in [-0.3, -0.25) is 5.32 Å². The van der Waals surface area contributed by atoms with Crippen LogP contribution in [0.2, 0.25) is 0 Å². The lowest BCUT2D eigenvalue weighted by Crippen LogP contribution is -2.32. The number of anilines is 3. The lowest BCUT2D eigenvalue weighted by Gasteiger charge is -2.23. The van der Waals surface area contributed by atoms with Gasteiger partial charge in [0.15, 0.2) is 6.10 Å². The Morgan fingerprint density at radius 2 is 1.81 bits per heavy atom. The summed E-state index contributed by atoms with van der Waals surface area (Å²) in [7, 11) is 1.68. The van der Waals surface area contributed by atoms with Crippen molar-refractivity contribution in [3.05, 3.63) is 42.5 Å². The number of rotatable bonds is 9. The molecule has 1 heterocycles. The molecule has 0 fully saturated rings. The van der Waals surface area contributed by atoms with Crippen LogP contribution < -0.4 is 16.0 Å². The van der Waals surface area contributed by atoms with Gasteiger partial charge in [-0.1, -0.05) is 12.1 Å². The molecule has 0 aliphatic rings. The molecule has 10 heteroatoms. The van der Waals surface area contributed by atoms with Crippen molar-refractivity contribution < 1.29 is 27.4 Å². The number of hydrogen-bond acceptors (Lipinski definition) is 5. The van der Waals surface area contributed by atoms with Crippen molar-refractivity contribution in [3.63, 3.8) is 0 Å². The van der Waals surface area contributed by atoms with E-state index in [1.807, 2.05) is 12.1 Å². The standard InChI is InChI=1S/C26H33F3N4O3/c1-6-32(13-14-35-5)20-11-12-21-22(15-20)33(16(2)3)24(23(21)30)18-7-9-19(10-8-18)31-25(34)36-17(4)26(27,28)29/h7-12,15-17H,6,13-14,30H2,1-5H3,(H,31,34)/t17-/m1/s1. The maximum atomic E-state index is 12.6. The van der Waals surface area contributed by atoms with E-state index in [2.05, 4.69) is 46.4 Å². The molecular weight excluding hydrogens is 473 g/mol. The summed E-state index contributed by atoms with van der Waals surface area (Å²) in [6.07, 6.45) is -8.01. The highest BCUT2D eigenvalue weighted by Crippen LogP contribution is 2.40. The van der Waals surface area contributed by atoms with Crippen LogP contribution in [0, 0.1) is 0 Å². The van der Waals surface area contributed by atoms with Gasteiger partial charge in [0.1, 0.15) is 0 Å². The summed E-state index contributed by atoms with van der Waals surface area (Å²) < 4.78 is 49.7. The lowest BCUT2D eigenvalue weighted by atomic mass is 10.1. The SMILES string of the molecule is CCN(CCOC)c1ccc2c(N)c(-c3ccc(NC(=O)O[C@H](C)C(F)(F)F)cc3)n(C(C)C)c2c1. The average Bonchev–Trinajstić information content (AvgIpc) is 3.11. The van der Waals surface area contributed by atoms with Crippen LogP contribution in [0.5, 0.6) is 0 Å². The van der Waals surface area contributed by atoms with Crippen molar-refractivity contribution in [3.8, 4) is 11.3 Å². The van der Waals surface area contributed by atoms with E-state index in [-0.39, 0.29) is 6.04 Å². The van der Waals surface area contributed by atoms with Gasteiger partial charge < -0.3 is 24.7 Å². The minimum absolute atomic E-state index is 0.0979. The first-order valence-electron chi connectivity index (χ1n) is 11.8. The number of alkyl halides is 3. The zero-order chi connectivity index (χ0) is 26.6. The third-order valence-electron chi connectivity index (χ3n) is 6.01. The Balaban J connectivity index is 1.93. The van der Waals surface area contributed by atoms with Crippen LogP contribution in [0.15, 0.2) is 42.5 Å². The third kappa shape index (κ3) is 5.87. The Hall–Kier alpha value is -3.40. The predicted molar refractivity (Wildman–Crippen MR) is 138 cm³/mol. The van der Waals surface area contributed by atoms with Gasteiger partial charge in [-0.15, -0.1) is 0 Å². The molecule has 1 aromatic heterocycles. The highest BCUT2D eigenvalue weighted by molar-refractivity contribution is 6.02. The average molecular weight is 507 g/mol. The molecule has 0 saturated heterocycles. The molecule has 196 valence electrons. The Morgan fingerprint density at radius 1 is 1.14 bits per heavy atom. The Kier molecular flexibility index (Phi) is 8.39. The fourth-order valence-corrected chi connectivity index (χ4v) is 4.11. The highest BCUT2D eigenvalue weighted by Gasteiger charge is 2.39. The second kappa shape index (κ2) is 11.1. The molecule has 3 N–H and O–H groups in total. The van der Waals surface area contributed by atoms with Gasteiger partial charge in [-0.05, 0) is 58.0 Å². The van der Waals surface area contributed by atoms with E-state index >= 15 is 0 Å². The van der Waals surface area contributed by atoms with Crippen molar-refractivity contribution in [2.75, 3.05) is 42.8 Å². The number of nitrogens with zero attached hydrogens (tertiary/aromatic N) is 2. The van der Waals surface area contributed by atoms with Crippen LogP contribution in [0.1, 0.15) is 33.7 Å². The Morgan fingerprint density at radius 3 is 2.36 bits per heavy atom. The van der Waals surface area contributed by atoms with Crippen molar-refractivity contribution >= 4 is 34.1 Å². The van der Waals surface area contributed by atoms with E-state index in [1.165, 1.54) is 0 Å². The zero-order valence-electron chi connectivity index (χ0n) is 21.1. The monoisotopic (exact) mass is 506 g/mol. The van der Waals surface area contributed by atoms with Gasteiger partial charge in [0, 0.05) is 48.6 Å². The van der Waals surface area contributed by atoms with E-state index in [1.54, 1.807) is 31.4 Å². The number of nitrogens with one attached hydrogen (secondary N) is 1. The third-order valence-corrected chi connectivity index (χ3v) is 6.01. The highest BCUT2D eigenvalue weighted by atomic mass is 19.4. The molecule has 0 spiro atoms. The number of nitrogens with two attached hydrogens (primary N) is 1. The van der Waals surface area contributed by atoms with Gasteiger partial charge >= 0.3 is 12.3 Å². The number of carbonyl (C=O) groups excluding carboxylic acids is 1. The van der Waals surface area contributed by atoms with Gasteiger partial charge in [0.2, 0.25) is 0 Å². The van der Waals surface area contributed by atoms with Gasteiger partial charge in [-0.2, -0.15) is 13.2 Å². The number of hydrogen-bond donors (Lipinski definition) is 2. The fourth-order valence-electron chi connectivity index (χ4n) is 4.11. The molecule has 36 heavy (non-hydrogen) atoms. The smallest absolute Gasteiger partial charge is 0.425 e. The number of benzene rings is 2. The second-order valence-electron chi connectivity index (χ2n) is 8.79. The van der Waals surface area contributed by atoms with Gasteiger partial charge in [0.05, 0.1) is 23.5 Å². The molecule has 7 nitrogen and oxygen atoms in total. The summed E-state index contributed by atoms with van der Waals surface area (Å²) in [4.78, 5) is 14.1. The summed E-state index contributed by atoms with van der Waals surface area (Å²) in [5.74, 6) is 0. The van der Waals surface area contributed by atoms with Crippen molar-refractivity contribution in [2.45, 2.75) is 46.0 Å². The predicted octanol–water partition coefficient (Wildman–Crippen LogP) is 6.44. The molecule has 1 atom stereocenters. The molecule has 3 aromatic rings. The minimum atomic E-state index is -4.62. The summed E-state index contributed by atoms with van der Waals surface area (Å²) in [6.45, 7) is 9.24. The molecule has 0 bridgehead atoms. The van der Waals surface area contributed by atoms with Crippen LogP contribution in [0.4, 0.5) is 35.0 Å². The Labute approximate surface area is 209 Å². The van der Waals surface area contributed by atoms with Crippen molar-refractivity contribution in [2.24, 2.45) is 0 Å². The van der Waals surface area contributed by atoms with Crippen LogP contribution >= 0.6 is 0 Å². The summed E-state index contributed by atoms with van der Waals surface area (Å²) in [5.41, 5.74) is 11.3. The number of amides is 1. The first-order chi connectivity index (χ1) is 17.0. The number of carbonyl (C=O) groups is 1. The number of halogens is 3. The molecule has 0 aliphatic carbocycles. The largest absolute Gasteiger partial charge is 0.437 e. The topological polar surface area (TPSA) is 81.8 Å². The van der Waals surface area contributed by atoms with Crippen molar-refractivity contribution in [1.82, 2.24) is 4.57 Å². The minimum Gasteiger partial charge on any atom is -0.437 e. The van der Waals surface area contributed by atoms with Gasteiger partial charge in [0.25, 0.3) is 0 Å². The van der Waals surface area contributed by atoms with E-state index < -0.39 is 18.4 Å². The fraction of sp³-hybridized carbons (Fsp3) is 0.423. The molecule has 0 unspecified atom stereocenters. The number of nitrogen functional groups attached to an aromatic ring is 1. The maximum Gasteiger partial charge on any atom is 0.425 e. The van der Waals surface area contributed by atoms with E-state index in [9.17, 15) is 18.0 Å². The first-order valence-corrected chi connectivity index (χ1v) is 11.8. The van der Waals surface area contributed by atoms with Crippen LogP contribution in [-0.2, 0) is 9.47 Å². The normalized spacial score (nSPS) is 12.7. The number of aromatic nitrogens is 1. The maximum absolute atomic E-state index is 12.6. The van der Waals surface area contributed by atoms with Gasteiger partial charge in [-0.25, -0.2) is 4.79 Å². The molecular formula is C26H33F3N4O3. The molecule has 2 aromatic carbocycles. The number of ether oxygens (including phenoxy) is 2. The van der Waals surface area contributed by atoms with E-state index in [0.29, 0.717) is 18.0 Å². The molecule has 0 saturated carbocycles. The summed E-state index contributed by atoms with van der Waals surface area (Å²) in [5, 5.41) is 3.26. The molecule has 1 amide bonds. The quantitative estimate of drug-likeness (QED) is 0.349. The van der Waals surface area contributed by atoms with Crippen LogP contribution in [-0.4, -0.2) is 49.7 Å². The molecule has 0 radical (unpaired) electrons. The first kappa shape index (κ1) is 27.2.